The number of aromatic nitrogens is 3. The van der Waals surface area contributed by atoms with Gasteiger partial charge in [-0.15, -0.1) is 24.0 Å². The fraction of sp³-hybridized carbons (Fsp3) is 0.300. The van der Waals surface area contributed by atoms with Crippen LogP contribution in [0.25, 0.3) is 10.9 Å². The molecule has 2 aromatic heterocycles. The van der Waals surface area contributed by atoms with E-state index < -0.39 is 0 Å². The van der Waals surface area contributed by atoms with E-state index in [1.54, 1.807) is 12.4 Å². The minimum absolute atomic E-state index is 0. The molecule has 0 unspecified atom stereocenters. The maximum atomic E-state index is 6.17. The molecule has 0 radical (unpaired) electrons. The minimum Gasteiger partial charge on any atom is -0.370 e. The van der Waals surface area contributed by atoms with Crippen LogP contribution in [0.1, 0.15) is 0 Å². The van der Waals surface area contributed by atoms with Gasteiger partial charge in [-0.25, -0.2) is 15.0 Å². The van der Waals surface area contributed by atoms with E-state index in [0.29, 0.717) is 19.0 Å². The number of hydrogen-bond acceptors (Lipinski definition) is 6. The van der Waals surface area contributed by atoms with Gasteiger partial charge in [0.2, 0.25) is 5.95 Å². The van der Waals surface area contributed by atoms with Crippen molar-refractivity contribution in [3.63, 3.8) is 0 Å². The first-order valence-electron chi connectivity index (χ1n) is 9.46. The van der Waals surface area contributed by atoms with Gasteiger partial charge in [0.25, 0.3) is 0 Å². The molecule has 3 N–H and O–H groups in total. The average molecular weight is 504 g/mol. The summed E-state index contributed by atoms with van der Waals surface area (Å²) in [6, 6.07) is 14.0. The van der Waals surface area contributed by atoms with Gasteiger partial charge in [0.05, 0.1) is 12.1 Å². The van der Waals surface area contributed by atoms with Gasteiger partial charge in [-0.1, -0.05) is 18.2 Å². The van der Waals surface area contributed by atoms with Gasteiger partial charge in [0.15, 0.2) is 5.96 Å². The van der Waals surface area contributed by atoms with Crippen LogP contribution in [-0.2, 0) is 0 Å². The third-order valence-corrected chi connectivity index (χ3v) is 4.73. The number of fused-ring (bicyclic) bond motifs is 1. The molecule has 0 atom stereocenters. The lowest BCUT2D eigenvalue weighted by atomic mass is 10.2. The van der Waals surface area contributed by atoms with Crippen LogP contribution < -0.4 is 16.0 Å². The van der Waals surface area contributed by atoms with Crippen molar-refractivity contribution in [2.75, 3.05) is 49.5 Å². The highest BCUT2D eigenvalue weighted by Crippen LogP contribution is 2.14. The van der Waals surface area contributed by atoms with E-state index in [0.717, 1.165) is 48.8 Å². The Hall–Kier alpha value is -2.69. The number of rotatable bonds is 5. The van der Waals surface area contributed by atoms with Crippen molar-refractivity contribution in [1.29, 1.82) is 0 Å². The average Bonchev–Trinajstić information content (AvgIpc) is 2.77. The number of nitrogens with one attached hydrogen (secondary N) is 1. The molecule has 1 aliphatic rings. The van der Waals surface area contributed by atoms with Crippen molar-refractivity contribution in [3.8, 4) is 0 Å². The van der Waals surface area contributed by atoms with Crippen LogP contribution in [0.2, 0.25) is 0 Å². The monoisotopic (exact) mass is 504 g/mol. The van der Waals surface area contributed by atoms with Gasteiger partial charge in [-0.2, -0.15) is 0 Å². The van der Waals surface area contributed by atoms with Crippen molar-refractivity contribution in [1.82, 2.24) is 19.9 Å². The zero-order valence-corrected chi connectivity index (χ0v) is 18.4. The molecule has 3 heterocycles. The fourth-order valence-electron chi connectivity index (χ4n) is 3.21. The third-order valence-electron chi connectivity index (χ3n) is 4.73. The fourth-order valence-corrected chi connectivity index (χ4v) is 3.21. The van der Waals surface area contributed by atoms with E-state index in [9.17, 15) is 0 Å². The summed E-state index contributed by atoms with van der Waals surface area (Å²) in [6.07, 6.45) is 3.53. The Kier molecular flexibility index (Phi) is 7.39. The largest absolute Gasteiger partial charge is 0.370 e. The second kappa shape index (κ2) is 10.2. The van der Waals surface area contributed by atoms with E-state index in [2.05, 4.69) is 47.2 Å². The highest BCUT2D eigenvalue weighted by Gasteiger charge is 2.19. The predicted molar refractivity (Wildman–Crippen MR) is 128 cm³/mol. The molecule has 4 rings (SSSR count). The molecule has 0 amide bonds. The molecule has 29 heavy (non-hydrogen) atoms. The lowest BCUT2D eigenvalue weighted by Gasteiger charge is -2.35. The van der Waals surface area contributed by atoms with Crippen LogP contribution in [0.5, 0.6) is 0 Å². The zero-order valence-electron chi connectivity index (χ0n) is 16.1. The van der Waals surface area contributed by atoms with Gasteiger partial charge in [-0.05, 0) is 24.3 Å². The second-order valence-corrected chi connectivity index (χ2v) is 6.58. The van der Waals surface area contributed by atoms with E-state index in [4.69, 9.17) is 5.73 Å². The zero-order chi connectivity index (χ0) is 19.2. The molecule has 1 saturated heterocycles. The minimum atomic E-state index is 0. The smallest absolute Gasteiger partial charge is 0.225 e. The van der Waals surface area contributed by atoms with E-state index >= 15 is 0 Å². The highest BCUT2D eigenvalue weighted by atomic mass is 127. The van der Waals surface area contributed by atoms with Crippen molar-refractivity contribution >= 4 is 52.6 Å². The SMILES string of the molecule is I.NC(=NCCNc1ccc2ccccc2n1)N1CCN(c2ncccn2)CC1. The second-order valence-electron chi connectivity index (χ2n) is 6.58. The summed E-state index contributed by atoms with van der Waals surface area (Å²) in [6.45, 7) is 4.58. The summed E-state index contributed by atoms with van der Waals surface area (Å²) >= 11 is 0. The van der Waals surface area contributed by atoms with E-state index in [1.165, 1.54) is 0 Å². The van der Waals surface area contributed by atoms with Crippen molar-refractivity contribution in [2.24, 2.45) is 10.7 Å². The number of halogens is 1. The number of nitrogens with two attached hydrogens (primary N) is 1. The molecular formula is C20H25IN8. The molecular weight excluding hydrogens is 479 g/mol. The number of hydrogen-bond donors (Lipinski definition) is 2. The van der Waals surface area contributed by atoms with Crippen LogP contribution in [0.3, 0.4) is 0 Å². The number of aliphatic imine (C=N–C) groups is 1. The van der Waals surface area contributed by atoms with Gasteiger partial charge in [0.1, 0.15) is 5.82 Å². The molecule has 0 spiro atoms. The quantitative estimate of drug-likeness (QED) is 0.238. The number of para-hydroxylation sites is 1. The lowest BCUT2D eigenvalue weighted by Crippen LogP contribution is -2.51. The summed E-state index contributed by atoms with van der Waals surface area (Å²) in [5, 5.41) is 4.44. The molecule has 9 heteroatoms. The normalized spacial score (nSPS) is 14.6. The Balaban J connectivity index is 0.00000240. The Morgan fingerprint density at radius 3 is 2.55 bits per heavy atom. The summed E-state index contributed by atoms with van der Waals surface area (Å²) in [5.41, 5.74) is 7.15. The van der Waals surface area contributed by atoms with Crippen LogP contribution in [0.4, 0.5) is 11.8 Å². The Morgan fingerprint density at radius 2 is 1.76 bits per heavy atom. The van der Waals surface area contributed by atoms with Crippen LogP contribution in [0.15, 0.2) is 59.9 Å². The maximum absolute atomic E-state index is 6.17. The predicted octanol–water partition coefficient (Wildman–Crippen LogP) is 2.19. The topological polar surface area (TPSA) is 95.6 Å². The summed E-state index contributed by atoms with van der Waals surface area (Å²) in [7, 11) is 0. The number of benzene rings is 1. The maximum Gasteiger partial charge on any atom is 0.225 e. The summed E-state index contributed by atoms with van der Waals surface area (Å²) in [4.78, 5) is 22.0. The van der Waals surface area contributed by atoms with Crippen LogP contribution in [0, 0.1) is 0 Å². The Labute approximate surface area is 187 Å². The lowest BCUT2D eigenvalue weighted by molar-refractivity contribution is 0.378. The molecule has 152 valence electrons. The van der Waals surface area contributed by atoms with Gasteiger partial charge >= 0.3 is 0 Å². The number of guanidine groups is 1. The summed E-state index contributed by atoms with van der Waals surface area (Å²) in [5.74, 6) is 2.20. The van der Waals surface area contributed by atoms with Crippen LogP contribution >= 0.6 is 24.0 Å². The number of pyridine rings is 1. The van der Waals surface area contributed by atoms with Crippen molar-refractivity contribution in [3.05, 3.63) is 54.9 Å². The molecule has 0 saturated carbocycles. The van der Waals surface area contributed by atoms with E-state index in [-0.39, 0.29) is 24.0 Å². The molecule has 0 bridgehead atoms. The first kappa shape index (κ1) is 21.0. The van der Waals surface area contributed by atoms with Crippen molar-refractivity contribution in [2.45, 2.75) is 0 Å². The standard InChI is InChI=1S/C20H24N8.HI/c21-19(27-12-14-28(15-13-27)20-24-8-3-9-25-20)23-11-10-22-18-7-6-16-4-1-2-5-17(16)26-18;/h1-9H,10-15H2,(H2,21,23)(H,22,26);1H. The molecule has 1 aromatic carbocycles. The van der Waals surface area contributed by atoms with E-state index in [1.807, 2.05) is 30.3 Å². The first-order valence-corrected chi connectivity index (χ1v) is 9.46. The molecule has 0 aliphatic carbocycles. The highest BCUT2D eigenvalue weighted by molar-refractivity contribution is 14.0. The Bertz CT molecular complexity index is 941. The molecule has 3 aromatic rings. The number of anilines is 2. The molecule has 1 fully saturated rings. The molecule has 8 nitrogen and oxygen atoms in total. The molecule has 1 aliphatic heterocycles. The van der Waals surface area contributed by atoms with Gasteiger partial charge < -0.3 is 20.9 Å². The van der Waals surface area contributed by atoms with Gasteiger partial charge in [0, 0.05) is 50.5 Å². The van der Waals surface area contributed by atoms with Crippen molar-refractivity contribution < 1.29 is 0 Å². The number of piperazine rings is 1. The Morgan fingerprint density at radius 1 is 1.00 bits per heavy atom. The first-order chi connectivity index (χ1) is 13.8. The van der Waals surface area contributed by atoms with Gasteiger partial charge in [-0.3, -0.25) is 4.99 Å². The number of nitrogens with zero attached hydrogens (tertiary/aromatic N) is 6. The van der Waals surface area contributed by atoms with Crippen LogP contribution in [-0.4, -0.2) is 65.1 Å². The summed E-state index contributed by atoms with van der Waals surface area (Å²) < 4.78 is 0. The third kappa shape index (κ3) is 5.43.